The summed E-state index contributed by atoms with van der Waals surface area (Å²) in [6, 6.07) is 12.1. The molecule has 0 atom stereocenters. The molecule has 0 unspecified atom stereocenters. The van der Waals surface area contributed by atoms with Crippen LogP contribution in [0, 0.1) is 0 Å². The van der Waals surface area contributed by atoms with Gasteiger partial charge in [0.05, 0.1) is 0 Å². The van der Waals surface area contributed by atoms with Crippen LogP contribution in [0.4, 0.5) is 6.01 Å². The van der Waals surface area contributed by atoms with Crippen molar-refractivity contribution < 1.29 is 9.21 Å². The summed E-state index contributed by atoms with van der Waals surface area (Å²) in [6.45, 7) is 0. The number of carbonyl (C=O) groups excluding carboxylic acids is 1. The van der Waals surface area contributed by atoms with Gasteiger partial charge in [0, 0.05) is 26.1 Å². The van der Waals surface area contributed by atoms with Crippen molar-refractivity contribution in [1.82, 2.24) is 10.2 Å². The second-order valence-corrected chi connectivity index (χ2v) is 6.51. The van der Waals surface area contributed by atoms with E-state index in [1.54, 1.807) is 42.1 Å². The summed E-state index contributed by atoms with van der Waals surface area (Å²) >= 11 is 13.5. The number of hydrogen-bond acceptors (Lipinski definition) is 5. The molecule has 0 aliphatic heterocycles. The molecule has 0 fully saturated rings. The first-order valence-electron chi connectivity index (χ1n) is 6.80. The van der Waals surface area contributed by atoms with Gasteiger partial charge in [0.1, 0.15) is 0 Å². The summed E-state index contributed by atoms with van der Waals surface area (Å²) in [4.78, 5) is 13.2. The molecule has 5 nitrogen and oxygen atoms in total. The van der Waals surface area contributed by atoms with E-state index in [1.165, 1.54) is 0 Å². The Morgan fingerprint density at radius 3 is 2.58 bits per heavy atom. The Kier molecular flexibility index (Phi) is 5.08. The quantitative estimate of drug-likeness (QED) is 0.644. The van der Waals surface area contributed by atoms with Gasteiger partial charge < -0.3 is 4.42 Å². The fourth-order valence-electron chi connectivity index (χ4n) is 2.00. The Balaban J connectivity index is 1.79. The largest absolute Gasteiger partial charge is 0.403 e. The van der Waals surface area contributed by atoms with E-state index in [2.05, 4.69) is 15.5 Å². The number of nitrogens with zero attached hydrogens (tertiary/aromatic N) is 2. The molecule has 0 saturated heterocycles. The van der Waals surface area contributed by atoms with Crippen LogP contribution in [0.1, 0.15) is 10.4 Å². The number of carbonyl (C=O) groups is 1. The van der Waals surface area contributed by atoms with Crippen LogP contribution in [0.2, 0.25) is 10.0 Å². The minimum atomic E-state index is -0.328. The topological polar surface area (TPSA) is 68.0 Å². The molecule has 3 aromatic rings. The van der Waals surface area contributed by atoms with Crippen molar-refractivity contribution in [3.8, 4) is 11.5 Å². The van der Waals surface area contributed by atoms with E-state index in [9.17, 15) is 4.79 Å². The number of rotatable bonds is 4. The molecular formula is C16H11Cl2N3O2S. The molecule has 1 heterocycles. The molecule has 0 radical (unpaired) electrons. The highest BCUT2D eigenvalue weighted by atomic mass is 35.5. The molecule has 2 aromatic carbocycles. The zero-order valence-electron chi connectivity index (χ0n) is 12.4. The Morgan fingerprint density at radius 2 is 1.88 bits per heavy atom. The third-order valence-corrected chi connectivity index (χ3v) is 4.25. The Morgan fingerprint density at radius 1 is 1.12 bits per heavy atom. The first kappa shape index (κ1) is 16.8. The number of benzene rings is 2. The van der Waals surface area contributed by atoms with E-state index in [0.717, 1.165) is 4.90 Å². The number of anilines is 1. The molecule has 1 aromatic heterocycles. The van der Waals surface area contributed by atoms with E-state index in [1.807, 2.05) is 18.4 Å². The van der Waals surface area contributed by atoms with Crippen LogP contribution in [-0.4, -0.2) is 22.4 Å². The van der Waals surface area contributed by atoms with Gasteiger partial charge in [0.15, 0.2) is 0 Å². The number of thioether (sulfide) groups is 1. The summed E-state index contributed by atoms with van der Waals surface area (Å²) in [6.07, 6.45) is 1.94. The predicted molar refractivity (Wildman–Crippen MR) is 95.9 cm³/mol. The monoisotopic (exact) mass is 379 g/mol. The fraction of sp³-hybridized carbons (Fsp3) is 0.0625. The lowest BCUT2D eigenvalue weighted by Crippen LogP contribution is -2.12. The number of amides is 1. The lowest BCUT2D eigenvalue weighted by molar-refractivity contribution is 0.102. The normalized spacial score (nSPS) is 10.6. The summed E-state index contributed by atoms with van der Waals surface area (Å²) in [5.41, 5.74) is 1.08. The van der Waals surface area contributed by atoms with Crippen LogP contribution in [0.25, 0.3) is 11.5 Å². The number of nitrogens with one attached hydrogen (secondary N) is 1. The molecule has 0 aliphatic rings. The number of hydrogen-bond donors (Lipinski definition) is 1. The van der Waals surface area contributed by atoms with Gasteiger partial charge in [-0.3, -0.25) is 10.1 Å². The maximum absolute atomic E-state index is 12.2. The molecule has 8 heteroatoms. The van der Waals surface area contributed by atoms with Crippen LogP contribution >= 0.6 is 35.0 Å². The maximum Gasteiger partial charge on any atom is 0.322 e. The van der Waals surface area contributed by atoms with E-state index in [0.29, 0.717) is 21.2 Å². The van der Waals surface area contributed by atoms with Gasteiger partial charge in [-0.05, 0) is 42.7 Å². The summed E-state index contributed by atoms with van der Waals surface area (Å²) in [5.74, 6) is -0.113. The average Bonchev–Trinajstić information content (AvgIpc) is 3.02. The second kappa shape index (κ2) is 7.25. The highest BCUT2D eigenvalue weighted by Crippen LogP contribution is 2.27. The first-order valence-corrected chi connectivity index (χ1v) is 8.78. The summed E-state index contributed by atoms with van der Waals surface area (Å²) in [5, 5.41) is 11.2. The van der Waals surface area contributed by atoms with Gasteiger partial charge in [-0.1, -0.05) is 34.4 Å². The molecular weight excluding hydrogens is 369 g/mol. The highest BCUT2D eigenvalue weighted by molar-refractivity contribution is 7.98. The molecule has 0 saturated carbocycles. The fourth-order valence-corrected chi connectivity index (χ4v) is 2.99. The molecule has 24 heavy (non-hydrogen) atoms. The molecule has 1 amide bonds. The van der Waals surface area contributed by atoms with Crippen LogP contribution in [0.15, 0.2) is 51.8 Å². The van der Waals surface area contributed by atoms with Gasteiger partial charge in [-0.25, -0.2) is 0 Å². The predicted octanol–water partition coefficient (Wildman–Crippen LogP) is 5.02. The Hall–Kier alpha value is -2.02. The van der Waals surface area contributed by atoms with Crippen molar-refractivity contribution in [1.29, 1.82) is 0 Å². The van der Waals surface area contributed by atoms with Crippen molar-refractivity contribution >= 4 is 46.9 Å². The first-order chi connectivity index (χ1) is 11.5. The van der Waals surface area contributed by atoms with Crippen LogP contribution in [-0.2, 0) is 0 Å². The van der Waals surface area contributed by atoms with Crippen LogP contribution in [0.3, 0.4) is 0 Å². The van der Waals surface area contributed by atoms with E-state index in [-0.39, 0.29) is 17.8 Å². The number of halogens is 2. The standard InChI is InChI=1S/C16H11Cl2N3O2S/c1-24-13-4-2-3-9(7-13)14(22)19-16-21-20-15(23-16)10-5-11(17)8-12(18)6-10/h2-8H,1H3,(H,19,21,22). The van der Waals surface area contributed by atoms with Gasteiger partial charge in [-0.15, -0.1) is 16.9 Å². The Labute approximate surface area is 152 Å². The lowest BCUT2D eigenvalue weighted by atomic mass is 10.2. The molecule has 0 aliphatic carbocycles. The van der Waals surface area contributed by atoms with Gasteiger partial charge in [0.25, 0.3) is 5.91 Å². The second-order valence-electron chi connectivity index (χ2n) is 4.76. The summed E-state index contributed by atoms with van der Waals surface area (Å²) in [7, 11) is 0. The molecule has 0 bridgehead atoms. The molecule has 3 rings (SSSR count). The van der Waals surface area contributed by atoms with E-state index in [4.69, 9.17) is 27.6 Å². The minimum Gasteiger partial charge on any atom is -0.403 e. The average molecular weight is 380 g/mol. The van der Waals surface area contributed by atoms with Crippen LogP contribution in [0.5, 0.6) is 0 Å². The minimum absolute atomic E-state index is 0.000604. The van der Waals surface area contributed by atoms with Crippen molar-refractivity contribution in [2.45, 2.75) is 4.90 Å². The zero-order valence-corrected chi connectivity index (χ0v) is 14.7. The smallest absolute Gasteiger partial charge is 0.322 e. The van der Waals surface area contributed by atoms with E-state index >= 15 is 0 Å². The Bertz CT molecular complexity index is 878. The van der Waals surface area contributed by atoms with E-state index < -0.39 is 0 Å². The van der Waals surface area contributed by atoms with Crippen molar-refractivity contribution in [3.05, 3.63) is 58.1 Å². The third kappa shape index (κ3) is 3.90. The van der Waals surface area contributed by atoms with Crippen molar-refractivity contribution in [2.24, 2.45) is 0 Å². The van der Waals surface area contributed by atoms with Crippen LogP contribution < -0.4 is 5.32 Å². The van der Waals surface area contributed by atoms with Crippen molar-refractivity contribution in [3.63, 3.8) is 0 Å². The zero-order chi connectivity index (χ0) is 17.1. The summed E-state index contributed by atoms with van der Waals surface area (Å²) < 4.78 is 5.45. The van der Waals surface area contributed by atoms with Gasteiger partial charge in [0.2, 0.25) is 5.89 Å². The highest BCUT2D eigenvalue weighted by Gasteiger charge is 2.14. The van der Waals surface area contributed by atoms with Crippen molar-refractivity contribution in [2.75, 3.05) is 11.6 Å². The van der Waals surface area contributed by atoms with Gasteiger partial charge >= 0.3 is 6.01 Å². The number of aromatic nitrogens is 2. The third-order valence-electron chi connectivity index (χ3n) is 3.09. The van der Waals surface area contributed by atoms with Gasteiger partial charge in [-0.2, -0.15) is 0 Å². The molecule has 0 spiro atoms. The molecule has 1 N–H and O–H groups in total. The lowest BCUT2D eigenvalue weighted by Gasteiger charge is -2.02. The SMILES string of the molecule is CSc1cccc(C(=O)Nc2nnc(-c3cc(Cl)cc(Cl)c3)o2)c1. The molecule has 122 valence electrons. The maximum atomic E-state index is 12.2.